The maximum atomic E-state index is 12.4. The Kier molecular flexibility index (Phi) is 5.22. The van der Waals surface area contributed by atoms with E-state index < -0.39 is 11.4 Å². The molecule has 1 aliphatic heterocycles. The van der Waals surface area contributed by atoms with E-state index in [4.69, 9.17) is 0 Å². The number of carboxylic acid groups (broad SMARTS) is 1. The molecule has 0 bridgehead atoms. The van der Waals surface area contributed by atoms with Gasteiger partial charge in [-0.25, -0.2) is 4.79 Å². The van der Waals surface area contributed by atoms with Gasteiger partial charge < -0.3 is 10.0 Å². The number of nitrogens with one attached hydrogen (secondary N) is 1. The maximum absolute atomic E-state index is 12.4. The van der Waals surface area contributed by atoms with Gasteiger partial charge in [0.1, 0.15) is 5.01 Å². The predicted molar refractivity (Wildman–Crippen MR) is 99.4 cm³/mol. The van der Waals surface area contributed by atoms with Crippen LogP contribution >= 0.6 is 11.3 Å². The van der Waals surface area contributed by atoms with Gasteiger partial charge in [0.2, 0.25) is 5.13 Å². The summed E-state index contributed by atoms with van der Waals surface area (Å²) in [7, 11) is 0. The fourth-order valence-corrected chi connectivity index (χ4v) is 4.09. The number of amides is 2. The normalized spacial score (nSPS) is 20.8. The quantitative estimate of drug-likeness (QED) is 0.836. The van der Waals surface area contributed by atoms with Crippen LogP contribution in [0.25, 0.3) is 0 Å². The molecule has 0 spiro atoms. The molecule has 0 aliphatic carbocycles. The van der Waals surface area contributed by atoms with Crippen molar-refractivity contribution in [3.63, 3.8) is 0 Å². The lowest BCUT2D eigenvalue weighted by molar-refractivity contribution is -0.146. The maximum Gasteiger partial charge on any atom is 0.323 e. The summed E-state index contributed by atoms with van der Waals surface area (Å²) in [5, 5.41) is 21.6. The number of carbonyl (C=O) groups is 2. The van der Waals surface area contributed by atoms with Crippen molar-refractivity contribution in [3.8, 4) is 0 Å². The molecule has 1 fully saturated rings. The first-order valence-corrected chi connectivity index (χ1v) is 9.42. The molecule has 1 aromatic carbocycles. The van der Waals surface area contributed by atoms with E-state index in [0.717, 1.165) is 11.4 Å². The standard InChI is InChI=1S/C18H22N4O3S/c1-3-13(12-7-5-4-6-8-12)14-20-21-16(26-14)19-17(25)22-10-9-18(2,11-22)15(23)24/h4-8,13H,3,9-11H2,1-2H3,(H,23,24)(H,19,21,25). The van der Waals surface area contributed by atoms with Crippen LogP contribution in [0.2, 0.25) is 0 Å². The molecular formula is C18H22N4O3S. The Balaban J connectivity index is 1.67. The third kappa shape index (κ3) is 3.70. The fourth-order valence-electron chi connectivity index (χ4n) is 3.14. The van der Waals surface area contributed by atoms with Crippen molar-refractivity contribution in [1.29, 1.82) is 0 Å². The molecule has 2 amide bonds. The molecular weight excluding hydrogens is 352 g/mol. The smallest absolute Gasteiger partial charge is 0.323 e. The Labute approximate surface area is 156 Å². The molecule has 2 N–H and O–H groups in total. The average Bonchev–Trinajstić information content (AvgIpc) is 3.25. The van der Waals surface area contributed by atoms with Gasteiger partial charge in [-0.05, 0) is 25.3 Å². The molecule has 7 nitrogen and oxygen atoms in total. The van der Waals surface area contributed by atoms with Gasteiger partial charge >= 0.3 is 12.0 Å². The highest BCUT2D eigenvalue weighted by atomic mass is 32.1. The van der Waals surface area contributed by atoms with Crippen molar-refractivity contribution >= 4 is 28.5 Å². The molecule has 1 saturated heterocycles. The zero-order chi connectivity index (χ0) is 18.7. The first-order chi connectivity index (χ1) is 12.4. The number of aliphatic carboxylic acids is 1. The Hall–Kier alpha value is -2.48. The van der Waals surface area contributed by atoms with Crippen LogP contribution in [0.5, 0.6) is 0 Å². The third-order valence-corrected chi connectivity index (χ3v) is 5.79. The lowest BCUT2D eigenvalue weighted by Crippen LogP contribution is -2.37. The number of carbonyl (C=O) groups excluding carboxylic acids is 1. The van der Waals surface area contributed by atoms with Gasteiger partial charge in [0.05, 0.1) is 5.41 Å². The molecule has 138 valence electrons. The zero-order valence-electron chi connectivity index (χ0n) is 14.8. The van der Waals surface area contributed by atoms with Gasteiger partial charge in [-0.1, -0.05) is 48.6 Å². The number of rotatable bonds is 5. The van der Waals surface area contributed by atoms with Crippen molar-refractivity contribution < 1.29 is 14.7 Å². The highest BCUT2D eigenvalue weighted by Gasteiger charge is 2.42. The number of aromatic nitrogens is 2. The van der Waals surface area contributed by atoms with Crippen LogP contribution < -0.4 is 5.32 Å². The molecule has 2 heterocycles. The summed E-state index contributed by atoms with van der Waals surface area (Å²) < 4.78 is 0. The highest BCUT2D eigenvalue weighted by Crippen LogP contribution is 2.33. The average molecular weight is 374 g/mol. The Morgan fingerprint density at radius 2 is 2.08 bits per heavy atom. The number of hydrogen-bond acceptors (Lipinski definition) is 5. The molecule has 2 atom stereocenters. The number of nitrogens with zero attached hydrogens (tertiary/aromatic N) is 3. The van der Waals surface area contributed by atoms with Gasteiger partial charge in [0.15, 0.2) is 0 Å². The lowest BCUT2D eigenvalue weighted by Gasteiger charge is -2.19. The van der Waals surface area contributed by atoms with Gasteiger partial charge in [-0.2, -0.15) is 0 Å². The van der Waals surface area contributed by atoms with E-state index in [0.29, 0.717) is 18.1 Å². The van der Waals surface area contributed by atoms with E-state index in [1.165, 1.54) is 21.8 Å². The van der Waals surface area contributed by atoms with Crippen LogP contribution in [0.4, 0.5) is 9.93 Å². The largest absolute Gasteiger partial charge is 0.481 e. The molecule has 1 aliphatic rings. The predicted octanol–water partition coefficient (Wildman–Crippen LogP) is 3.41. The third-order valence-electron chi connectivity index (χ3n) is 4.84. The second-order valence-corrected chi connectivity index (χ2v) is 7.79. The highest BCUT2D eigenvalue weighted by molar-refractivity contribution is 7.15. The number of carboxylic acids is 1. The first kappa shape index (κ1) is 18.3. The van der Waals surface area contributed by atoms with Crippen LogP contribution in [-0.4, -0.2) is 45.3 Å². The Morgan fingerprint density at radius 3 is 2.69 bits per heavy atom. The van der Waals surface area contributed by atoms with Crippen LogP contribution in [0.3, 0.4) is 0 Å². The second-order valence-electron chi connectivity index (χ2n) is 6.78. The molecule has 0 saturated carbocycles. The molecule has 26 heavy (non-hydrogen) atoms. The molecule has 2 aromatic rings. The van der Waals surface area contributed by atoms with Gasteiger partial charge in [-0.15, -0.1) is 10.2 Å². The summed E-state index contributed by atoms with van der Waals surface area (Å²) >= 11 is 1.36. The Bertz CT molecular complexity index is 795. The Morgan fingerprint density at radius 1 is 1.35 bits per heavy atom. The topological polar surface area (TPSA) is 95.4 Å². The second kappa shape index (κ2) is 7.41. The number of likely N-dealkylation sites (tertiary alicyclic amines) is 1. The van der Waals surface area contributed by atoms with E-state index in [2.05, 4.69) is 34.6 Å². The fraction of sp³-hybridized carbons (Fsp3) is 0.444. The van der Waals surface area contributed by atoms with Crippen molar-refractivity contribution in [2.75, 3.05) is 18.4 Å². The zero-order valence-corrected chi connectivity index (χ0v) is 15.6. The number of urea groups is 1. The molecule has 0 radical (unpaired) electrons. The molecule has 3 rings (SSSR count). The van der Waals surface area contributed by atoms with Crippen LogP contribution in [0.1, 0.15) is 43.2 Å². The van der Waals surface area contributed by atoms with Gasteiger partial charge in [0.25, 0.3) is 0 Å². The number of hydrogen-bond donors (Lipinski definition) is 2. The number of benzene rings is 1. The van der Waals surface area contributed by atoms with E-state index in [-0.39, 0.29) is 18.5 Å². The van der Waals surface area contributed by atoms with Crippen molar-refractivity contribution in [1.82, 2.24) is 15.1 Å². The minimum atomic E-state index is -0.885. The monoisotopic (exact) mass is 374 g/mol. The van der Waals surface area contributed by atoms with Crippen molar-refractivity contribution in [2.24, 2.45) is 5.41 Å². The van der Waals surface area contributed by atoms with Crippen LogP contribution in [-0.2, 0) is 4.79 Å². The van der Waals surface area contributed by atoms with Gasteiger partial charge in [-0.3, -0.25) is 10.1 Å². The van der Waals surface area contributed by atoms with Crippen LogP contribution in [0.15, 0.2) is 30.3 Å². The summed E-state index contributed by atoms with van der Waals surface area (Å²) in [4.78, 5) is 25.2. The summed E-state index contributed by atoms with van der Waals surface area (Å²) in [5.41, 5.74) is 0.283. The summed E-state index contributed by atoms with van der Waals surface area (Å²) in [6.07, 6.45) is 1.33. The molecule has 8 heteroatoms. The summed E-state index contributed by atoms with van der Waals surface area (Å²) in [6, 6.07) is 9.76. The molecule has 1 aromatic heterocycles. The SMILES string of the molecule is CCC(c1ccccc1)c1nnc(NC(=O)N2CCC(C)(C(=O)O)C2)s1. The minimum absolute atomic E-state index is 0.140. The van der Waals surface area contributed by atoms with Crippen LogP contribution in [0, 0.1) is 5.41 Å². The van der Waals surface area contributed by atoms with E-state index in [1.807, 2.05) is 18.2 Å². The summed E-state index contributed by atoms with van der Waals surface area (Å²) in [6.45, 7) is 4.37. The van der Waals surface area contributed by atoms with E-state index >= 15 is 0 Å². The summed E-state index contributed by atoms with van der Waals surface area (Å²) in [5.74, 6) is -0.735. The van der Waals surface area contributed by atoms with E-state index in [1.54, 1.807) is 6.92 Å². The minimum Gasteiger partial charge on any atom is -0.481 e. The molecule has 2 unspecified atom stereocenters. The van der Waals surface area contributed by atoms with E-state index in [9.17, 15) is 14.7 Å². The van der Waals surface area contributed by atoms with Crippen molar-refractivity contribution in [3.05, 3.63) is 40.9 Å². The first-order valence-electron chi connectivity index (χ1n) is 8.60. The lowest BCUT2D eigenvalue weighted by atomic mass is 9.90. The number of anilines is 1. The van der Waals surface area contributed by atoms with Gasteiger partial charge in [0, 0.05) is 19.0 Å². The van der Waals surface area contributed by atoms with Crippen molar-refractivity contribution in [2.45, 2.75) is 32.6 Å².